The fourth-order valence-electron chi connectivity index (χ4n) is 2.40. The zero-order valence-corrected chi connectivity index (χ0v) is 16.0. The number of hydrogen-bond donors (Lipinski definition) is 1. The molecule has 2 amide bonds. The second kappa shape index (κ2) is 10.8. The molecule has 0 bridgehead atoms. The number of nitrogens with zero attached hydrogens (tertiary/aromatic N) is 1. The molecule has 1 rings (SSSR count). The molecule has 14 heteroatoms. The van der Waals surface area contributed by atoms with Crippen molar-refractivity contribution in [3.8, 4) is 0 Å². The Morgan fingerprint density at radius 2 is 1.74 bits per heavy atom. The fraction of sp³-hybridized carbons (Fsp3) is 0.529. The van der Waals surface area contributed by atoms with E-state index < -0.39 is 61.5 Å². The number of furan rings is 1. The molecule has 0 spiro atoms. The number of esters is 1. The molecule has 1 N–H and O–H groups in total. The summed E-state index contributed by atoms with van der Waals surface area (Å²) in [4.78, 5) is 46.3. The van der Waals surface area contributed by atoms with Crippen molar-refractivity contribution in [1.29, 1.82) is 0 Å². The van der Waals surface area contributed by atoms with Crippen LogP contribution < -0.4 is 5.32 Å². The Balaban J connectivity index is 2.73. The predicted molar refractivity (Wildman–Crippen MR) is 89.5 cm³/mol. The number of methoxy groups -OCH3 is 1. The summed E-state index contributed by atoms with van der Waals surface area (Å²) in [5.74, 6) is -7.02. The van der Waals surface area contributed by atoms with E-state index in [-0.39, 0.29) is 23.5 Å². The van der Waals surface area contributed by atoms with Crippen molar-refractivity contribution in [2.24, 2.45) is 0 Å². The number of ether oxygens (including phenoxy) is 1. The van der Waals surface area contributed by atoms with Gasteiger partial charge in [-0.1, -0.05) is 0 Å². The van der Waals surface area contributed by atoms with Crippen molar-refractivity contribution >= 4 is 23.6 Å². The van der Waals surface area contributed by atoms with Crippen LogP contribution in [0.5, 0.6) is 0 Å². The molecule has 1 aromatic rings. The molecule has 8 nitrogen and oxygen atoms in total. The molecule has 1 atom stereocenters. The standard InChI is InChI=1S/C17H18F6N2O6/c1-30-13(27)10(24-14(28)16(18,19)20)5-2-3-7-25(15(29)17(21,22)23)9-11(26)12-6-4-8-31-12/h4,6,8,10H,2-3,5,7,9H2,1H3,(H,24,28)/t10-/m0/s1. The van der Waals surface area contributed by atoms with Gasteiger partial charge >= 0.3 is 30.1 Å². The highest BCUT2D eigenvalue weighted by Gasteiger charge is 2.43. The lowest BCUT2D eigenvalue weighted by molar-refractivity contribution is -0.185. The van der Waals surface area contributed by atoms with E-state index in [1.807, 2.05) is 0 Å². The van der Waals surface area contributed by atoms with Crippen molar-refractivity contribution in [1.82, 2.24) is 10.2 Å². The minimum atomic E-state index is -5.27. The number of unbranched alkanes of at least 4 members (excludes halogenated alkanes) is 1. The van der Waals surface area contributed by atoms with E-state index in [0.717, 1.165) is 13.4 Å². The summed E-state index contributed by atoms with van der Waals surface area (Å²) in [7, 11) is 0.874. The predicted octanol–water partition coefficient (Wildman–Crippen LogP) is 2.24. The highest BCUT2D eigenvalue weighted by atomic mass is 19.4. The summed E-state index contributed by atoms with van der Waals surface area (Å²) in [5.41, 5.74) is 0. The first-order chi connectivity index (χ1) is 14.3. The molecule has 0 aliphatic heterocycles. The van der Waals surface area contributed by atoms with Gasteiger partial charge in [0.2, 0.25) is 5.78 Å². The minimum absolute atomic E-state index is 0.172. The molecule has 1 aromatic heterocycles. The summed E-state index contributed by atoms with van der Waals surface area (Å²) in [6.07, 6.45) is -10.2. The second-order valence-electron chi connectivity index (χ2n) is 6.17. The number of rotatable bonds is 10. The van der Waals surface area contributed by atoms with Crippen LogP contribution in [0.1, 0.15) is 29.8 Å². The van der Waals surface area contributed by atoms with Crippen molar-refractivity contribution in [3.05, 3.63) is 24.2 Å². The van der Waals surface area contributed by atoms with E-state index in [1.54, 1.807) is 0 Å². The molecule has 0 aromatic carbocycles. The zero-order valence-electron chi connectivity index (χ0n) is 16.0. The Labute approximate surface area is 171 Å². The second-order valence-corrected chi connectivity index (χ2v) is 6.17. The maximum absolute atomic E-state index is 12.8. The SMILES string of the molecule is COC(=O)[C@H](CCCCN(CC(=O)c1ccco1)C(=O)C(F)(F)F)NC(=O)C(F)(F)F. The van der Waals surface area contributed by atoms with E-state index in [4.69, 9.17) is 4.42 Å². The topological polar surface area (TPSA) is 106 Å². The van der Waals surface area contributed by atoms with Crippen LogP contribution in [0.2, 0.25) is 0 Å². The average Bonchev–Trinajstić information content (AvgIpc) is 3.21. The lowest BCUT2D eigenvalue weighted by atomic mass is 10.1. The van der Waals surface area contributed by atoms with Crippen molar-refractivity contribution in [2.75, 3.05) is 20.2 Å². The third kappa shape index (κ3) is 8.30. The van der Waals surface area contributed by atoms with Crippen molar-refractivity contribution in [2.45, 2.75) is 37.7 Å². The molecule has 1 heterocycles. The monoisotopic (exact) mass is 460 g/mol. The first kappa shape index (κ1) is 26.0. The smallest absolute Gasteiger partial charge is 0.467 e. The Hall–Kier alpha value is -3.06. The van der Waals surface area contributed by atoms with Crippen LogP contribution in [-0.4, -0.2) is 67.1 Å². The summed E-state index contributed by atoms with van der Waals surface area (Å²) < 4.78 is 84.5. The summed E-state index contributed by atoms with van der Waals surface area (Å²) in [5, 5.41) is 1.43. The Morgan fingerprint density at radius 3 is 2.23 bits per heavy atom. The molecular weight excluding hydrogens is 442 g/mol. The molecule has 0 saturated heterocycles. The van der Waals surface area contributed by atoms with Crippen LogP contribution in [0.3, 0.4) is 0 Å². The highest BCUT2D eigenvalue weighted by molar-refractivity contribution is 5.97. The fourth-order valence-corrected chi connectivity index (χ4v) is 2.40. The minimum Gasteiger partial charge on any atom is -0.467 e. The largest absolute Gasteiger partial charge is 0.471 e. The maximum Gasteiger partial charge on any atom is 0.471 e. The van der Waals surface area contributed by atoms with Gasteiger partial charge in [-0.15, -0.1) is 0 Å². The van der Waals surface area contributed by atoms with Crippen molar-refractivity contribution < 1.29 is 54.7 Å². The van der Waals surface area contributed by atoms with Gasteiger partial charge in [0.05, 0.1) is 19.9 Å². The molecule has 31 heavy (non-hydrogen) atoms. The van der Waals surface area contributed by atoms with E-state index in [0.29, 0.717) is 0 Å². The number of carbonyl (C=O) groups is 4. The molecular formula is C17H18F6N2O6. The lowest BCUT2D eigenvalue weighted by Crippen LogP contribution is -2.47. The zero-order chi connectivity index (χ0) is 23.8. The number of nitrogens with one attached hydrogen (secondary N) is 1. The van der Waals surface area contributed by atoms with Gasteiger partial charge in [-0.25, -0.2) is 4.79 Å². The Kier molecular flexibility index (Phi) is 9.06. The number of ketones is 1. The average molecular weight is 460 g/mol. The van der Waals surface area contributed by atoms with Crippen LogP contribution >= 0.6 is 0 Å². The van der Waals surface area contributed by atoms with Gasteiger partial charge in [-0.3, -0.25) is 14.4 Å². The van der Waals surface area contributed by atoms with Crippen LogP contribution in [0.4, 0.5) is 26.3 Å². The van der Waals surface area contributed by atoms with Crippen molar-refractivity contribution in [3.63, 3.8) is 0 Å². The maximum atomic E-state index is 12.8. The first-order valence-electron chi connectivity index (χ1n) is 8.65. The Bertz CT molecular complexity index is 775. The van der Waals surface area contributed by atoms with Crippen LogP contribution in [0, 0.1) is 0 Å². The number of hydrogen-bond acceptors (Lipinski definition) is 6. The summed E-state index contributed by atoms with van der Waals surface area (Å²) in [6.45, 7) is -1.54. The van der Waals surface area contributed by atoms with Gasteiger partial charge in [0, 0.05) is 6.54 Å². The summed E-state index contributed by atoms with van der Waals surface area (Å²) in [6, 6.07) is 0.824. The van der Waals surface area contributed by atoms with E-state index in [1.165, 1.54) is 17.4 Å². The van der Waals surface area contributed by atoms with Gasteiger partial charge in [-0.05, 0) is 31.4 Å². The third-order valence-electron chi connectivity index (χ3n) is 3.88. The number of alkyl halides is 6. The number of carbonyl (C=O) groups excluding carboxylic acids is 4. The number of Topliss-reactive ketones (excluding diaryl/α,β-unsaturated/α-hetero) is 1. The molecule has 0 aliphatic carbocycles. The highest BCUT2D eigenvalue weighted by Crippen LogP contribution is 2.20. The quantitative estimate of drug-likeness (QED) is 0.249. The lowest BCUT2D eigenvalue weighted by Gasteiger charge is -2.23. The van der Waals surface area contributed by atoms with Crippen LogP contribution in [0.25, 0.3) is 0 Å². The molecule has 174 valence electrons. The van der Waals surface area contributed by atoms with Gasteiger partial charge in [0.25, 0.3) is 0 Å². The van der Waals surface area contributed by atoms with E-state index >= 15 is 0 Å². The first-order valence-corrected chi connectivity index (χ1v) is 8.65. The van der Waals surface area contributed by atoms with Gasteiger partial charge in [0.15, 0.2) is 5.76 Å². The van der Waals surface area contributed by atoms with Crippen LogP contribution in [-0.2, 0) is 19.1 Å². The molecule has 0 aliphatic rings. The number of halogens is 6. The van der Waals surface area contributed by atoms with E-state index in [9.17, 15) is 45.5 Å². The third-order valence-corrected chi connectivity index (χ3v) is 3.88. The molecule has 0 radical (unpaired) electrons. The molecule has 0 unspecified atom stereocenters. The molecule has 0 fully saturated rings. The van der Waals surface area contributed by atoms with Crippen LogP contribution in [0.15, 0.2) is 22.8 Å². The number of amides is 2. The van der Waals surface area contributed by atoms with E-state index in [2.05, 4.69) is 4.74 Å². The Morgan fingerprint density at radius 1 is 1.10 bits per heavy atom. The molecule has 0 saturated carbocycles. The normalized spacial score (nSPS) is 12.7. The summed E-state index contributed by atoms with van der Waals surface area (Å²) >= 11 is 0. The van der Waals surface area contributed by atoms with Gasteiger partial charge < -0.3 is 19.4 Å². The van der Waals surface area contributed by atoms with Gasteiger partial charge in [0.1, 0.15) is 6.04 Å². The van der Waals surface area contributed by atoms with Gasteiger partial charge in [-0.2, -0.15) is 26.3 Å².